The number of aryl methyl sites for hydroxylation is 1. The normalized spacial score (nSPS) is 10.9. The predicted octanol–water partition coefficient (Wildman–Crippen LogP) is 5.11. The van der Waals surface area contributed by atoms with Gasteiger partial charge in [0.15, 0.2) is 0 Å². The van der Waals surface area contributed by atoms with Gasteiger partial charge in [0, 0.05) is 28.3 Å². The van der Waals surface area contributed by atoms with Crippen LogP contribution in [0.15, 0.2) is 52.9 Å². The van der Waals surface area contributed by atoms with E-state index in [0.717, 1.165) is 18.2 Å². The average molecular weight is 464 g/mol. The molecule has 0 atom stereocenters. The summed E-state index contributed by atoms with van der Waals surface area (Å²) in [4.78, 5) is 46.0. The molecule has 0 spiro atoms. The Hall–Kier alpha value is -4.80. The van der Waals surface area contributed by atoms with E-state index in [9.17, 15) is 29.8 Å². The van der Waals surface area contributed by atoms with E-state index in [0.29, 0.717) is 27.5 Å². The molecule has 34 heavy (non-hydrogen) atoms. The molecule has 0 fully saturated rings. The fourth-order valence-corrected chi connectivity index (χ4v) is 3.63. The first-order valence-electron chi connectivity index (χ1n) is 9.99. The van der Waals surface area contributed by atoms with Gasteiger partial charge in [-0.05, 0) is 19.9 Å². The third-order valence-corrected chi connectivity index (χ3v) is 5.08. The smallest absolute Gasteiger partial charge is 0.344 e. The quantitative estimate of drug-likeness (QED) is 0.164. The molecule has 0 aliphatic carbocycles. The highest BCUT2D eigenvalue weighted by Gasteiger charge is 2.25. The van der Waals surface area contributed by atoms with Gasteiger partial charge in [-0.3, -0.25) is 20.2 Å². The molecule has 0 saturated carbocycles. The maximum atomic E-state index is 12.9. The summed E-state index contributed by atoms with van der Waals surface area (Å²) >= 11 is 0. The molecule has 1 heterocycles. The minimum absolute atomic E-state index is 0.0357. The third-order valence-electron chi connectivity index (χ3n) is 5.08. The van der Waals surface area contributed by atoms with Crippen molar-refractivity contribution in [2.75, 3.05) is 6.61 Å². The van der Waals surface area contributed by atoms with Gasteiger partial charge in [-0.15, -0.1) is 0 Å². The van der Waals surface area contributed by atoms with E-state index in [1.807, 2.05) is 0 Å². The number of carbonyl (C=O) groups is 2. The zero-order chi connectivity index (χ0) is 24.6. The molecule has 3 aromatic carbocycles. The summed E-state index contributed by atoms with van der Waals surface area (Å²) in [6.07, 6.45) is 0. The van der Waals surface area contributed by atoms with Gasteiger partial charge in [0.1, 0.15) is 22.7 Å². The molecule has 1 aromatic heterocycles. The van der Waals surface area contributed by atoms with Crippen LogP contribution in [0.1, 0.15) is 33.4 Å². The fraction of sp³-hybridized carbons (Fsp3) is 0.130. The molecule has 172 valence electrons. The van der Waals surface area contributed by atoms with Gasteiger partial charge in [0.05, 0.1) is 28.1 Å². The topological polar surface area (TPSA) is 152 Å². The molecule has 4 rings (SSSR count). The highest BCUT2D eigenvalue weighted by Crippen LogP contribution is 2.38. The molecular formula is C23H16N2O9. The van der Waals surface area contributed by atoms with Crippen LogP contribution in [-0.4, -0.2) is 28.4 Å². The minimum atomic E-state index is -1.05. The summed E-state index contributed by atoms with van der Waals surface area (Å²) in [6, 6.07) is 10.8. The van der Waals surface area contributed by atoms with Crippen molar-refractivity contribution in [2.45, 2.75) is 13.8 Å². The number of nitro groups is 2. The number of hydrogen-bond donors (Lipinski definition) is 0. The Labute approximate surface area is 190 Å². The molecule has 0 N–H and O–H groups in total. The van der Waals surface area contributed by atoms with Crippen LogP contribution in [0.3, 0.4) is 0 Å². The molecule has 11 nitrogen and oxygen atoms in total. The number of hydrogen-bond acceptors (Lipinski definition) is 9. The van der Waals surface area contributed by atoms with Crippen molar-refractivity contribution in [2.24, 2.45) is 0 Å². The van der Waals surface area contributed by atoms with Crippen LogP contribution >= 0.6 is 0 Å². The summed E-state index contributed by atoms with van der Waals surface area (Å²) in [5, 5.41) is 23.7. The Morgan fingerprint density at radius 2 is 1.53 bits per heavy atom. The number of fused-ring (bicyclic) bond motifs is 3. The van der Waals surface area contributed by atoms with E-state index >= 15 is 0 Å². The van der Waals surface area contributed by atoms with Gasteiger partial charge in [-0.2, -0.15) is 0 Å². The monoisotopic (exact) mass is 464 g/mol. The first-order valence-corrected chi connectivity index (χ1v) is 9.99. The summed E-state index contributed by atoms with van der Waals surface area (Å²) in [5.74, 6) is -1.31. The Morgan fingerprint density at radius 3 is 2.12 bits per heavy atom. The van der Waals surface area contributed by atoms with Gasteiger partial charge in [-0.1, -0.05) is 24.3 Å². The lowest BCUT2D eigenvalue weighted by Gasteiger charge is -2.09. The van der Waals surface area contributed by atoms with E-state index in [1.54, 1.807) is 38.1 Å². The number of nitro benzene ring substituents is 2. The SMILES string of the molecule is CCOC(=O)c1c(C)oc2c1cc(OC(=O)c1cc([N+](=O)[O-])cc([N+](=O)[O-])c1)c1ccccc12. The van der Waals surface area contributed by atoms with Crippen molar-refractivity contribution in [1.29, 1.82) is 0 Å². The van der Waals surface area contributed by atoms with E-state index in [4.69, 9.17) is 13.9 Å². The van der Waals surface area contributed by atoms with Gasteiger partial charge < -0.3 is 13.9 Å². The van der Waals surface area contributed by atoms with Crippen molar-refractivity contribution in [3.05, 3.63) is 85.6 Å². The standard InChI is InChI=1S/C23H16N2O9/c1-3-32-23(27)20-12(2)33-21-17-7-5-4-6-16(17)19(11-18(20)21)34-22(26)13-8-14(24(28)29)10-15(9-13)25(30)31/h4-11H,3H2,1-2H3. The van der Waals surface area contributed by atoms with Gasteiger partial charge in [-0.25, -0.2) is 9.59 Å². The van der Waals surface area contributed by atoms with Crippen LogP contribution in [0, 0.1) is 27.2 Å². The Balaban J connectivity index is 1.87. The first-order chi connectivity index (χ1) is 16.2. The van der Waals surface area contributed by atoms with Crippen molar-refractivity contribution in [3.63, 3.8) is 0 Å². The lowest BCUT2D eigenvalue weighted by molar-refractivity contribution is -0.394. The highest BCUT2D eigenvalue weighted by atomic mass is 16.6. The fourth-order valence-electron chi connectivity index (χ4n) is 3.63. The second kappa shape index (κ2) is 8.62. The summed E-state index contributed by atoms with van der Waals surface area (Å²) in [7, 11) is 0. The molecule has 0 amide bonds. The zero-order valence-electron chi connectivity index (χ0n) is 17.9. The van der Waals surface area contributed by atoms with Gasteiger partial charge in [0.2, 0.25) is 0 Å². The van der Waals surface area contributed by atoms with Crippen LogP contribution in [0.25, 0.3) is 21.7 Å². The number of esters is 2. The Kier molecular flexibility index (Phi) is 5.68. The van der Waals surface area contributed by atoms with Crippen molar-refractivity contribution < 1.29 is 33.3 Å². The molecule has 4 aromatic rings. The Bertz CT molecular complexity index is 1470. The first kappa shape index (κ1) is 22.4. The number of ether oxygens (including phenoxy) is 2. The zero-order valence-corrected chi connectivity index (χ0v) is 17.9. The number of rotatable bonds is 6. The summed E-state index contributed by atoms with van der Waals surface area (Å²) in [6.45, 7) is 3.41. The van der Waals surface area contributed by atoms with Crippen LogP contribution in [-0.2, 0) is 4.74 Å². The van der Waals surface area contributed by atoms with Crippen LogP contribution in [0.5, 0.6) is 5.75 Å². The van der Waals surface area contributed by atoms with Crippen LogP contribution in [0.4, 0.5) is 11.4 Å². The van der Waals surface area contributed by atoms with Gasteiger partial charge >= 0.3 is 11.9 Å². The number of benzene rings is 3. The van der Waals surface area contributed by atoms with Crippen LogP contribution in [0.2, 0.25) is 0 Å². The maximum Gasteiger partial charge on any atom is 0.344 e. The van der Waals surface area contributed by atoms with E-state index < -0.39 is 33.2 Å². The molecule has 0 saturated heterocycles. The maximum absolute atomic E-state index is 12.9. The predicted molar refractivity (Wildman–Crippen MR) is 119 cm³/mol. The molecular weight excluding hydrogens is 448 g/mol. The third kappa shape index (κ3) is 3.90. The number of non-ortho nitro benzene ring substituents is 2. The largest absolute Gasteiger partial charge is 0.462 e. The number of nitrogens with zero attached hydrogens (tertiary/aromatic N) is 2. The number of carbonyl (C=O) groups excluding carboxylic acids is 2. The van der Waals surface area contributed by atoms with Crippen molar-refractivity contribution in [1.82, 2.24) is 0 Å². The lowest BCUT2D eigenvalue weighted by atomic mass is 10.0. The minimum Gasteiger partial charge on any atom is -0.462 e. The molecule has 0 aliphatic heterocycles. The van der Waals surface area contributed by atoms with Crippen molar-refractivity contribution in [3.8, 4) is 5.75 Å². The molecule has 0 aliphatic rings. The molecule has 0 radical (unpaired) electrons. The second-order valence-electron chi connectivity index (χ2n) is 7.19. The van der Waals surface area contributed by atoms with Gasteiger partial charge in [0.25, 0.3) is 11.4 Å². The average Bonchev–Trinajstić information content (AvgIpc) is 3.14. The van der Waals surface area contributed by atoms with E-state index in [2.05, 4.69) is 0 Å². The molecule has 0 unspecified atom stereocenters. The van der Waals surface area contributed by atoms with E-state index in [1.165, 1.54) is 6.07 Å². The van der Waals surface area contributed by atoms with Crippen LogP contribution < -0.4 is 4.74 Å². The van der Waals surface area contributed by atoms with E-state index in [-0.39, 0.29) is 23.5 Å². The summed E-state index contributed by atoms with van der Waals surface area (Å²) in [5.41, 5.74) is -1.07. The lowest BCUT2D eigenvalue weighted by Crippen LogP contribution is -2.10. The second-order valence-corrected chi connectivity index (χ2v) is 7.19. The molecule has 0 bridgehead atoms. The highest BCUT2D eigenvalue weighted by molar-refractivity contribution is 6.15. The molecule has 11 heteroatoms. The number of furan rings is 1. The van der Waals surface area contributed by atoms with Crippen molar-refractivity contribution >= 4 is 45.1 Å². The summed E-state index contributed by atoms with van der Waals surface area (Å²) < 4.78 is 16.4. The Morgan fingerprint density at radius 1 is 0.912 bits per heavy atom.